The fraction of sp³-hybridized carbons (Fsp3) is 0.571. The van der Waals surface area contributed by atoms with E-state index in [0.717, 1.165) is 6.54 Å². The molecular weight excluding hydrogens is 262 g/mol. The molecular formula is C14H20BrN. The van der Waals surface area contributed by atoms with Gasteiger partial charge in [-0.3, -0.25) is 0 Å². The minimum atomic E-state index is 0.372. The molecule has 2 rings (SSSR count). The molecule has 0 heterocycles. The second-order valence-corrected chi connectivity index (χ2v) is 5.80. The predicted octanol–water partition coefficient (Wildman–Crippen LogP) is 3.87. The van der Waals surface area contributed by atoms with Gasteiger partial charge in [0.2, 0.25) is 0 Å². The monoisotopic (exact) mass is 281 g/mol. The Morgan fingerprint density at radius 2 is 2.00 bits per heavy atom. The zero-order chi connectivity index (χ0) is 11.4. The Kier molecular flexibility index (Phi) is 4.04. The maximum atomic E-state index is 3.58. The molecule has 0 aromatic heterocycles. The predicted molar refractivity (Wildman–Crippen MR) is 72.8 cm³/mol. The highest BCUT2D eigenvalue weighted by Crippen LogP contribution is 2.39. The van der Waals surface area contributed by atoms with E-state index in [-0.39, 0.29) is 0 Å². The molecule has 88 valence electrons. The van der Waals surface area contributed by atoms with Crippen molar-refractivity contribution in [1.29, 1.82) is 0 Å². The molecule has 0 saturated heterocycles. The van der Waals surface area contributed by atoms with Gasteiger partial charge >= 0.3 is 0 Å². The molecule has 0 radical (unpaired) electrons. The van der Waals surface area contributed by atoms with Crippen LogP contribution in [-0.4, -0.2) is 13.6 Å². The molecule has 16 heavy (non-hydrogen) atoms. The number of rotatable bonds is 3. The SMILES string of the molecule is CNCC1(c2cccc(Br)c2)CCCCC1. The van der Waals surface area contributed by atoms with Crippen molar-refractivity contribution in [2.24, 2.45) is 0 Å². The average molecular weight is 282 g/mol. The number of benzene rings is 1. The van der Waals surface area contributed by atoms with Gasteiger partial charge in [0.25, 0.3) is 0 Å². The summed E-state index contributed by atoms with van der Waals surface area (Å²) < 4.78 is 1.20. The van der Waals surface area contributed by atoms with Crippen molar-refractivity contribution in [3.05, 3.63) is 34.3 Å². The van der Waals surface area contributed by atoms with Crippen LogP contribution >= 0.6 is 15.9 Å². The molecule has 1 aromatic rings. The quantitative estimate of drug-likeness (QED) is 0.887. The molecule has 0 spiro atoms. The number of halogens is 1. The first-order valence-corrected chi connectivity index (χ1v) is 6.97. The molecule has 1 saturated carbocycles. The molecule has 1 nitrogen and oxygen atoms in total. The Morgan fingerprint density at radius 1 is 1.25 bits per heavy atom. The van der Waals surface area contributed by atoms with Crippen LogP contribution in [0, 0.1) is 0 Å². The molecule has 0 unspecified atom stereocenters. The fourth-order valence-electron chi connectivity index (χ4n) is 2.95. The molecule has 0 amide bonds. The van der Waals surface area contributed by atoms with Crippen molar-refractivity contribution in [3.8, 4) is 0 Å². The topological polar surface area (TPSA) is 12.0 Å². The lowest BCUT2D eigenvalue weighted by Crippen LogP contribution is -2.38. The zero-order valence-corrected chi connectivity index (χ0v) is 11.5. The van der Waals surface area contributed by atoms with Crippen molar-refractivity contribution < 1.29 is 0 Å². The fourth-order valence-corrected chi connectivity index (χ4v) is 3.35. The number of nitrogens with one attached hydrogen (secondary N) is 1. The zero-order valence-electron chi connectivity index (χ0n) is 9.93. The molecule has 1 fully saturated rings. The molecule has 1 aliphatic rings. The summed E-state index contributed by atoms with van der Waals surface area (Å²) in [4.78, 5) is 0. The van der Waals surface area contributed by atoms with E-state index in [9.17, 15) is 0 Å². The van der Waals surface area contributed by atoms with E-state index < -0.39 is 0 Å². The van der Waals surface area contributed by atoms with Crippen molar-refractivity contribution in [1.82, 2.24) is 5.32 Å². The lowest BCUT2D eigenvalue weighted by Gasteiger charge is -2.38. The van der Waals surface area contributed by atoms with Crippen molar-refractivity contribution in [3.63, 3.8) is 0 Å². The second kappa shape index (κ2) is 5.33. The summed E-state index contributed by atoms with van der Waals surface area (Å²) in [7, 11) is 2.06. The molecule has 1 aromatic carbocycles. The van der Waals surface area contributed by atoms with E-state index in [1.807, 2.05) is 0 Å². The summed E-state index contributed by atoms with van der Waals surface area (Å²) in [6.45, 7) is 1.10. The van der Waals surface area contributed by atoms with Crippen LogP contribution in [0.4, 0.5) is 0 Å². The first kappa shape index (κ1) is 12.1. The standard InChI is InChI=1S/C14H20BrN/c1-16-11-14(8-3-2-4-9-14)12-6-5-7-13(15)10-12/h5-7,10,16H,2-4,8-9,11H2,1H3. The van der Waals surface area contributed by atoms with Crippen LogP contribution < -0.4 is 5.32 Å². The average Bonchev–Trinajstić information content (AvgIpc) is 2.31. The van der Waals surface area contributed by atoms with Gasteiger partial charge in [-0.15, -0.1) is 0 Å². The van der Waals surface area contributed by atoms with Gasteiger partial charge in [0.05, 0.1) is 0 Å². The Bertz CT molecular complexity index is 337. The Balaban J connectivity index is 2.30. The Hall–Kier alpha value is -0.340. The maximum absolute atomic E-state index is 3.58. The first-order valence-electron chi connectivity index (χ1n) is 6.17. The van der Waals surface area contributed by atoms with E-state index in [1.165, 1.54) is 42.1 Å². The van der Waals surface area contributed by atoms with E-state index in [0.29, 0.717) is 5.41 Å². The van der Waals surface area contributed by atoms with Crippen molar-refractivity contribution in [2.45, 2.75) is 37.5 Å². The summed E-state index contributed by atoms with van der Waals surface area (Å²) >= 11 is 3.58. The minimum Gasteiger partial charge on any atom is -0.319 e. The summed E-state index contributed by atoms with van der Waals surface area (Å²) in [5, 5.41) is 3.38. The van der Waals surface area contributed by atoms with Crippen LogP contribution in [0.15, 0.2) is 28.7 Å². The van der Waals surface area contributed by atoms with E-state index >= 15 is 0 Å². The van der Waals surface area contributed by atoms with Gasteiger partial charge in [-0.1, -0.05) is 47.3 Å². The highest BCUT2D eigenvalue weighted by molar-refractivity contribution is 9.10. The Morgan fingerprint density at radius 3 is 2.62 bits per heavy atom. The molecule has 0 atom stereocenters. The number of hydrogen-bond acceptors (Lipinski definition) is 1. The smallest absolute Gasteiger partial charge is 0.0178 e. The van der Waals surface area contributed by atoms with E-state index in [1.54, 1.807) is 0 Å². The minimum absolute atomic E-state index is 0.372. The summed E-state index contributed by atoms with van der Waals surface area (Å²) in [5.74, 6) is 0. The van der Waals surface area contributed by atoms with Gasteiger partial charge in [0.15, 0.2) is 0 Å². The van der Waals surface area contributed by atoms with Crippen LogP contribution in [0.1, 0.15) is 37.7 Å². The van der Waals surface area contributed by atoms with Gasteiger partial charge < -0.3 is 5.32 Å². The number of likely N-dealkylation sites (N-methyl/N-ethyl adjacent to an activating group) is 1. The van der Waals surface area contributed by atoms with E-state index in [2.05, 4.69) is 52.6 Å². The largest absolute Gasteiger partial charge is 0.319 e. The third-order valence-electron chi connectivity index (χ3n) is 3.76. The van der Waals surface area contributed by atoms with Gasteiger partial charge in [0, 0.05) is 16.4 Å². The second-order valence-electron chi connectivity index (χ2n) is 4.88. The highest BCUT2D eigenvalue weighted by Gasteiger charge is 2.33. The van der Waals surface area contributed by atoms with Gasteiger partial charge in [-0.25, -0.2) is 0 Å². The molecule has 1 N–H and O–H groups in total. The lowest BCUT2D eigenvalue weighted by atomic mass is 9.69. The first-order chi connectivity index (χ1) is 7.77. The van der Waals surface area contributed by atoms with Crippen molar-refractivity contribution >= 4 is 15.9 Å². The Labute approximate surface area is 107 Å². The third-order valence-corrected chi connectivity index (χ3v) is 4.26. The van der Waals surface area contributed by atoms with Crippen LogP contribution in [-0.2, 0) is 5.41 Å². The van der Waals surface area contributed by atoms with Crippen LogP contribution in [0.25, 0.3) is 0 Å². The third kappa shape index (κ3) is 2.49. The summed E-state index contributed by atoms with van der Waals surface area (Å²) in [6, 6.07) is 8.85. The molecule has 0 bridgehead atoms. The van der Waals surface area contributed by atoms with Crippen LogP contribution in [0.3, 0.4) is 0 Å². The molecule has 2 heteroatoms. The van der Waals surface area contributed by atoms with Crippen LogP contribution in [0.5, 0.6) is 0 Å². The lowest BCUT2D eigenvalue weighted by molar-refractivity contribution is 0.286. The maximum Gasteiger partial charge on any atom is 0.0178 e. The highest BCUT2D eigenvalue weighted by atomic mass is 79.9. The molecule has 1 aliphatic carbocycles. The van der Waals surface area contributed by atoms with Crippen molar-refractivity contribution in [2.75, 3.05) is 13.6 Å². The summed E-state index contributed by atoms with van der Waals surface area (Å²) in [5.41, 5.74) is 1.87. The van der Waals surface area contributed by atoms with E-state index in [4.69, 9.17) is 0 Å². The van der Waals surface area contributed by atoms with Gasteiger partial charge in [-0.2, -0.15) is 0 Å². The van der Waals surface area contributed by atoms with Crippen LogP contribution in [0.2, 0.25) is 0 Å². The molecule has 0 aliphatic heterocycles. The summed E-state index contributed by atoms with van der Waals surface area (Å²) in [6.07, 6.45) is 6.79. The van der Waals surface area contributed by atoms with Gasteiger partial charge in [0.1, 0.15) is 0 Å². The normalized spacial score (nSPS) is 19.6. The number of hydrogen-bond donors (Lipinski definition) is 1. The van der Waals surface area contributed by atoms with Gasteiger partial charge in [-0.05, 0) is 37.6 Å².